The van der Waals surface area contributed by atoms with Gasteiger partial charge in [-0.15, -0.1) is 0 Å². The van der Waals surface area contributed by atoms with E-state index in [1.54, 1.807) is 60.7 Å². The van der Waals surface area contributed by atoms with Crippen molar-refractivity contribution in [1.29, 1.82) is 0 Å². The zero-order chi connectivity index (χ0) is 17.6. The van der Waals surface area contributed by atoms with E-state index in [1.165, 1.54) is 6.92 Å². The van der Waals surface area contributed by atoms with Gasteiger partial charge in [0.2, 0.25) is 0 Å². The Kier molecular flexibility index (Phi) is 5.79. The first kappa shape index (κ1) is 17.8. The maximum atomic E-state index is 14.2. The third-order valence-electron chi connectivity index (χ3n) is 3.61. The number of carbonyl (C=O) groups is 2. The number of hydrogen-bond donors (Lipinski definition) is 0. The molecule has 2 rings (SSSR count). The Morgan fingerprint density at radius 2 is 1.54 bits per heavy atom. The van der Waals surface area contributed by atoms with Gasteiger partial charge in [0.1, 0.15) is 0 Å². The number of halogens is 2. The predicted octanol–water partition coefficient (Wildman–Crippen LogP) is 4.24. The van der Waals surface area contributed by atoms with Gasteiger partial charge in [-0.25, -0.2) is 4.79 Å². The SMILES string of the molecule is CCOC(=O)C(F)(F)CC(C(=O)c1ccccc1)c1ccccc1. The van der Waals surface area contributed by atoms with E-state index in [1.807, 2.05) is 0 Å². The normalized spacial score (nSPS) is 12.5. The lowest BCUT2D eigenvalue weighted by Gasteiger charge is -2.21. The molecule has 0 aliphatic carbocycles. The van der Waals surface area contributed by atoms with Crippen LogP contribution in [0.15, 0.2) is 60.7 Å². The smallest absolute Gasteiger partial charge is 0.377 e. The molecule has 3 nitrogen and oxygen atoms in total. The fourth-order valence-corrected chi connectivity index (χ4v) is 2.43. The van der Waals surface area contributed by atoms with Crippen molar-refractivity contribution in [3.8, 4) is 0 Å². The minimum atomic E-state index is -3.74. The molecule has 2 aromatic carbocycles. The molecule has 1 atom stereocenters. The van der Waals surface area contributed by atoms with E-state index >= 15 is 0 Å². The van der Waals surface area contributed by atoms with Crippen molar-refractivity contribution in [3.63, 3.8) is 0 Å². The highest BCUT2D eigenvalue weighted by atomic mass is 19.3. The van der Waals surface area contributed by atoms with Gasteiger partial charge in [-0.3, -0.25) is 4.79 Å². The Hall–Kier alpha value is -2.56. The zero-order valence-electron chi connectivity index (χ0n) is 13.2. The van der Waals surface area contributed by atoms with Crippen molar-refractivity contribution < 1.29 is 23.1 Å². The maximum absolute atomic E-state index is 14.2. The van der Waals surface area contributed by atoms with E-state index in [2.05, 4.69) is 4.74 Å². The average Bonchev–Trinajstić information content (AvgIpc) is 2.61. The molecule has 0 aliphatic rings. The standard InChI is InChI=1S/C19H18F2O3/c1-2-24-18(23)19(20,21)13-16(14-9-5-3-6-10-14)17(22)15-11-7-4-8-12-15/h3-12,16H,2,13H2,1H3. The molecule has 126 valence electrons. The summed E-state index contributed by atoms with van der Waals surface area (Å²) in [6, 6.07) is 16.5. The number of carbonyl (C=O) groups excluding carboxylic acids is 2. The van der Waals surface area contributed by atoms with Crippen LogP contribution in [0, 0.1) is 0 Å². The summed E-state index contributed by atoms with van der Waals surface area (Å²) in [5, 5.41) is 0. The van der Waals surface area contributed by atoms with Crippen LogP contribution < -0.4 is 0 Å². The van der Waals surface area contributed by atoms with Crippen LogP contribution in [0.3, 0.4) is 0 Å². The molecule has 24 heavy (non-hydrogen) atoms. The molecular formula is C19H18F2O3. The minimum absolute atomic E-state index is 0.142. The van der Waals surface area contributed by atoms with Gasteiger partial charge < -0.3 is 4.74 Å². The first-order chi connectivity index (χ1) is 11.5. The minimum Gasteiger partial charge on any atom is -0.462 e. The molecule has 0 saturated heterocycles. The third kappa shape index (κ3) is 4.25. The Morgan fingerprint density at radius 1 is 1.00 bits per heavy atom. The first-order valence-electron chi connectivity index (χ1n) is 7.65. The number of alkyl halides is 2. The molecular weight excluding hydrogens is 314 g/mol. The van der Waals surface area contributed by atoms with Crippen LogP contribution in [0.25, 0.3) is 0 Å². The van der Waals surface area contributed by atoms with Gasteiger partial charge in [0, 0.05) is 12.0 Å². The van der Waals surface area contributed by atoms with Crippen molar-refractivity contribution in [2.24, 2.45) is 0 Å². The second kappa shape index (κ2) is 7.81. The van der Waals surface area contributed by atoms with Gasteiger partial charge in [-0.2, -0.15) is 8.78 Å². The first-order valence-corrected chi connectivity index (χ1v) is 7.65. The monoisotopic (exact) mass is 332 g/mol. The fourth-order valence-electron chi connectivity index (χ4n) is 2.43. The van der Waals surface area contributed by atoms with Gasteiger partial charge >= 0.3 is 11.9 Å². The van der Waals surface area contributed by atoms with Crippen LogP contribution in [0.2, 0.25) is 0 Å². The highest BCUT2D eigenvalue weighted by Gasteiger charge is 2.44. The second-order valence-electron chi connectivity index (χ2n) is 5.32. The molecule has 0 fully saturated rings. The molecule has 0 bridgehead atoms. The summed E-state index contributed by atoms with van der Waals surface area (Å²) >= 11 is 0. The largest absolute Gasteiger partial charge is 0.462 e. The van der Waals surface area contributed by atoms with Crippen molar-refractivity contribution in [2.75, 3.05) is 6.61 Å². The molecule has 0 aliphatic heterocycles. The van der Waals surface area contributed by atoms with Crippen molar-refractivity contribution in [2.45, 2.75) is 25.2 Å². The number of esters is 1. The van der Waals surface area contributed by atoms with Crippen LogP contribution in [0.4, 0.5) is 8.78 Å². The van der Waals surface area contributed by atoms with Gasteiger partial charge in [-0.1, -0.05) is 60.7 Å². The Morgan fingerprint density at radius 3 is 2.08 bits per heavy atom. The summed E-state index contributed by atoms with van der Waals surface area (Å²) in [5.74, 6) is -6.92. The van der Waals surface area contributed by atoms with Crippen molar-refractivity contribution >= 4 is 11.8 Å². The summed E-state index contributed by atoms with van der Waals surface area (Å²) in [6.45, 7) is 1.31. The molecule has 5 heteroatoms. The summed E-state index contributed by atoms with van der Waals surface area (Å²) in [4.78, 5) is 24.2. The van der Waals surface area contributed by atoms with E-state index in [0.29, 0.717) is 11.1 Å². The number of ketones is 1. The topological polar surface area (TPSA) is 43.4 Å². The van der Waals surface area contributed by atoms with Crippen molar-refractivity contribution in [1.82, 2.24) is 0 Å². The van der Waals surface area contributed by atoms with Gasteiger partial charge in [0.05, 0.1) is 12.5 Å². The molecule has 0 N–H and O–H groups in total. The Labute approximate surface area is 139 Å². The van der Waals surface area contributed by atoms with Crippen molar-refractivity contribution in [3.05, 3.63) is 71.8 Å². The number of hydrogen-bond acceptors (Lipinski definition) is 3. The van der Waals surface area contributed by atoms with E-state index in [9.17, 15) is 18.4 Å². The van der Waals surface area contributed by atoms with E-state index in [0.717, 1.165) is 0 Å². The lowest BCUT2D eigenvalue weighted by atomic mass is 9.86. The Balaban J connectivity index is 2.34. The maximum Gasteiger partial charge on any atom is 0.377 e. The van der Waals surface area contributed by atoms with E-state index < -0.39 is 30.0 Å². The third-order valence-corrected chi connectivity index (χ3v) is 3.61. The number of Topliss-reactive ketones (excluding diaryl/α,β-unsaturated/α-hetero) is 1. The van der Waals surface area contributed by atoms with Crippen LogP contribution in [-0.2, 0) is 9.53 Å². The van der Waals surface area contributed by atoms with Crippen LogP contribution in [-0.4, -0.2) is 24.3 Å². The second-order valence-corrected chi connectivity index (χ2v) is 5.32. The summed E-state index contributed by atoms with van der Waals surface area (Å²) in [6.07, 6.45) is -0.927. The van der Waals surface area contributed by atoms with E-state index in [-0.39, 0.29) is 6.61 Å². The average molecular weight is 332 g/mol. The molecule has 0 saturated carbocycles. The molecule has 0 radical (unpaired) electrons. The molecule has 0 spiro atoms. The number of benzene rings is 2. The lowest BCUT2D eigenvalue weighted by Crippen LogP contribution is -2.34. The summed E-state index contributed by atoms with van der Waals surface area (Å²) in [7, 11) is 0. The fraction of sp³-hybridized carbons (Fsp3) is 0.263. The van der Waals surface area contributed by atoms with E-state index in [4.69, 9.17) is 0 Å². The van der Waals surface area contributed by atoms with Gasteiger partial charge in [0.25, 0.3) is 0 Å². The summed E-state index contributed by atoms with van der Waals surface area (Å²) in [5.41, 5.74) is 0.765. The highest BCUT2D eigenvalue weighted by molar-refractivity contribution is 6.01. The van der Waals surface area contributed by atoms with Gasteiger partial charge in [-0.05, 0) is 12.5 Å². The molecule has 0 amide bonds. The quantitative estimate of drug-likeness (QED) is 0.562. The van der Waals surface area contributed by atoms with Gasteiger partial charge in [0.15, 0.2) is 5.78 Å². The predicted molar refractivity (Wildman–Crippen MR) is 86.2 cm³/mol. The Bertz CT molecular complexity index is 684. The zero-order valence-corrected chi connectivity index (χ0v) is 13.2. The molecule has 0 aromatic heterocycles. The van der Waals surface area contributed by atoms with Crippen LogP contribution in [0.5, 0.6) is 0 Å². The number of ether oxygens (including phenoxy) is 1. The summed E-state index contributed by atoms with van der Waals surface area (Å²) < 4.78 is 32.8. The molecule has 0 heterocycles. The van der Waals surface area contributed by atoms with Crippen LogP contribution in [0.1, 0.15) is 35.2 Å². The lowest BCUT2D eigenvalue weighted by molar-refractivity contribution is -0.172. The number of rotatable bonds is 7. The molecule has 1 unspecified atom stereocenters. The molecule has 2 aromatic rings. The highest BCUT2D eigenvalue weighted by Crippen LogP contribution is 2.33. The van der Waals surface area contributed by atoms with Crippen LogP contribution >= 0.6 is 0 Å².